The van der Waals surface area contributed by atoms with Crippen molar-refractivity contribution in [3.8, 4) is 22.5 Å². The number of aryl methyl sites for hydroxylation is 1. The summed E-state index contributed by atoms with van der Waals surface area (Å²) in [5.74, 6) is -0.359. The minimum atomic E-state index is -0.359. The molecule has 0 atom stereocenters. The zero-order valence-electron chi connectivity index (χ0n) is 15.4. The van der Waals surface area contributed by atoms with Crippen molar-refractivity contribution in [3.63, 3.8) is 0 Å². The van der Waals surface area contributed by atoms with Crippen LogP contribution in [0.1, 0.15) is 22.5 Å². The molecule has 4 heterocycles. The van der Waals surface area contributed by atoms with Crippen LogP contribution in [-0.4, -0.2) is 32.8 Å². The van der Waals surface area contributed by atoms with Crippen LogP contribution in [0.3, 0.4) is 0 Å². The van der Waals surface area contributed by atoms with Crippen molar-refractivity contribution in [2.24, 2.45) is 0 Å². The van der Waals surface area contributed by atoms with Crippen molar-refractivity contribution in [3.05, 3.63) is 66.1 Å². The van der Waals surface area contributed by atoms with Gasteiger partial charge in [0.1, 0.15) is 5.69 Å². The van der Waals surface area contributed by atoms with Gasteiger partial charge in [-0.3, -0.25) is 14.6 Å². The molecule has 6 nitrogen and oxygen atoms in total. The first-order valence-corrected chi connectivity index (χ1v) is 9.25. The van der Waals surface area contributed by atoms with Gasteiger partial charge in [-0.25, -0.2) is 4.79 Å². The minimum absolute atomic E-state index is 0.359. The van der Waals surface area contributed by atoms with Gasteiger partial charge in [-0.15, -0.1) is 0 Å². The van der Waals surface area contributed by atoms with E-state index in [1.165, 1.54) is 12.8 Å². The lowest BCUT2D eigenvalue weighted by atomic mass is 9.96. The number of pyridine rings is 2. The first-order chi connectivity index (χ1) is 13.8. The molecule has 6 heteroatoms. The van der Waals surface area contributed by atoms with E-state index < -0.39 is 0 Å². The summed E-state index contributed by atoms with van der Waals surface area (Å²) in [4.78, 5) is 21.1. The molecule has 1 aromatic carbocycles. The number of hydrogen-bond donors (Lipinski definition) is 0. The zero-order chi connectivity index (χ0) is 19.1. The third-order valence-corrected chi connectivity index (χ3v) is 5.18. The number of fused-ring (bicyclic) bond motifs is 2. The van der Waals surface area contributed by atoms with Crippen molar-refractivity contribution >= 4 is 16.9 Å². The van der Waals surface area contributed by atoms with Crippen molar-refractivity contribution in [1.82, 2.24) is 19.7 Å². The third-order valence-electron chi connectivity index (χ3n) is 5.18. The number of esters is 1. The Morgan fingerprint density at radius 2 is 2.04 bits per heavy atom. The molecule has 28 heavy (non-hydrogen) atoms. The molecule has 138 valence electrons. The second-order valence-corrected chi connectivity index (χ2v) is 6.79. The average Bonchev–Trinajstić information content (AvgIpc) is 3.34. The molecule has 4 aromatic rings. The Morgan fingerprint density at radius 1 is 1.11 bits per heavy atom. The van der Waals surface area contributed by atoms with Crippen molar-refractivity contribution < 1.29 is 9.53 Å². The number of nitrogens with zero attached hydrogens (tertiary/aromatic N) is 4. The van der Waals surface area contributed by atoms with Gasteiger partial charge >= 0.3 is 5.97 Å². The van der Waals surface area contributed by atoms with Crippen LogP contribution < -0.4 is 0 Å². The quantitative estimate of drug-likeness (QED) is 0.512. The van der Waals surface area contributed by atoms with Crippen molar-refractivity contribution in [2.45, 2.75) is 19.4 Å². The maximum absolute atomic E-state index is 12.1. The van der Waals surface area contributed by atoms with Crippen molar-refractivity contribution in [1.29, 1.82) is 0 Å². The van der Waals surface area contributed by atoms with E-state index in [4.69, 9.17) is 9.84 Å². The first kappa shape index (κ1) is 16.6. The maximum atomic E-state index is 12.1. The highest BCUT2D eigenvalue weighted by atomic mass is 16.5. The Kier molecular flexibility index (Phi) is 3.90. The van der Waals surface area contributed by atoms with Crippen LogP contribution in [0.25, 0.3) is 33.4 Å². The summed E-state index contributed by atoms with van der Waals surface area (Å²) >= 11 is 0. The normalized spacial score (nSPS) is 12.9. The second-order valence-electron chi connectivity index (χ2n) is 6.79. The highest BCUT2D eigenvalue weighted by Crippen LogP contribution is 2.39. The Bertz CT molecular complexity index is 1200. The molecule has 1 aliphatic rings. The summed E-state index contributed by atoms with van der Waals surface area (Å²) < 4.78 is 6.98. The molecule has 0 spiro atoms. The molecule has 0 saturated heterocycles. The standard InChI is InChI=1S/C22H18N4O2/c1-28-22(27)14-7-8-17-16(13-14)15(9-11-24-17)20-19-6-4-12-26(19)25-21(20)18-5-2-3-10-23-18/h2-3,5,7-11,13H,4,6,12H2,1H3. The molecular formula is C22H18N4O2. The van der Waals surface area contributed by atoms with E-state index >= 15 is 0 Å². The molecule has 0 fully saturated rings. The van der Waals surface area contributed by atoms with Crippen molar-refractivity contribution in [2.75, 3.05) is 7.11 Å². The first-order valence-electron chi connectivity index (χ1n) is 9.25. The van der Waals surface area contributed by atoms with Gasteiger partial charge in [-0.2, -0.15) is 5.10 Å². The molecule has 0 unspecified atom stereocenters. The fraction of sp³-hybridized carbons (Fsp3) is 0.182. The topological polar surface area (TPSA) is 69.9 Å². The number of methoxy groups -OCH3 is 1. The van der Waals surface area contributed by atoms with E-state index in [0.717, 1.165) is 52.8 Å². The van der Waals surface area contributed by atoms with Gasteiger partial charge in [0.2, 0.25) is 0 Å². The van der Waals surface area contributed by atoms with Gasteiger partial charge in [0, 0.05) is 35.6 Å². The summed E-state index contributed by atoms with van der Waals surface area (Å²) in [6.45, 7) is 0.908. The van der Waals surface area contributed by atoms with Crippen LogP contribution in [-0.2, 0) is 17.7 Å². The molecule has 5 rings (SSSR count). The maximum Gasteiger partial charge on any atom is 0.337 e. The molecule has 0 aliphatic carbocycles. The van der Waals surface area contributed by atoms with Crippen LogP contribution in [0.15, 0.2) is 54.9 Å². The number of rotatable bonds is 3. The summed E-state index contributed by atoms with van der Waals surface area (Å²) in [5, 5.41) is 5.77. The van der Waals surface area contributed by atoms with E-state index in [0.29, 0.717) is 5.56 Å². The lowest BCUT2D eigenvalue weighted by Crippen LogP contribution is -2.01. The fourth-order valence-electron chi connectivity index (χ4n) is 3.91. The largest absolute Gasteiger partial charge is 0.465 e. The molecule has 0 bridgehead atoms. The molecule has 0 N–H and O–H groups in total. The van der Waals surface area contributed by atoms with Gasteiger partial charge in [-0.05, 0) is 54.8 Å². The van der Waals surface area contributed by atoms with E-state index in [9.17, 15) is 4.79 Å². The molecule has 0 amide bonds. The molecule has 1 aliphatic heterocycles. The van der Waals surface area contributed by atoms with Gasteiger partial charge in [0.25, 0.3) is 0 Å². The highest BCUT2D eigenvalue weighted by Gasteiger charge is 2.25. The average molecular weight is 370 g/mol. The predicted octanol–water partition coefficient (Wildman–Crippen LogP) is 3.89. The molecular weight excluding hydrogens is 352 g/mol. The van der Waals surface area contributed by atoms with E-state index in [2.05, 4.69) is 14.6 Å². The third kappa shape index (κ3) is 2.57. The SMILES string of the molecule is COC(=O)c1ccc2nccc(-c3c(-c4ccccn4)nn4c3CCC4)c2c1. The highest BCUT2D eigenvalue weighted by molar-refractivity contribution is 6.02. The summed E-state index contributed by atoms with van der Waals surface area (Å²) in [5.41, 5.74) is 6.34. The van der Waals surface area contributed by atoms with E-state index in [1.54, 1.807) is 18.5 Å². The van der Waals surface area contributed by atoms with Gasteiger partial charge < -0.3 is 4.74 Å². The smallest absolute Gasteiger partial charge is 0.337 e. The molecule has 0 saturated carbocycles. The number of aromatic nitrogens is 4. The number of ether oxygens (including phenoxy) is 1. The van der Waals surface area contributed by atoms with E-state index in [1.807, 2.05) is 36.4 Å². The van der Waals surface area contributed by atoms with Gasteiger partial charge in [-0.1, -0.05) is 6.07 Å². The fourth-order valence-corrected chi connectivity index (χ4v) is 3.91. The van der Waals surface area contributed by atoms with E-state index in [-0.39, 0.29) is 5.97 Å². The predicted molar refractivity (Wildman–Crippen MR) is 106 cm³/mol. The van der Waals surface area contributed by atoms with Crippen LogP contribution >= 0.6 is 0 Å². The number of carbonyl (C=O) groups excluding carboxylic acids is 1. The van der Waals surface area contributed by atoms with Gasteiger partial charge in [0.05, 0.1) is 23.9 Å². The van der Waals surface area contributed by atoms with Crippen LogP contribution in [0.4, 0.5) is 0 Å². The molecule has 0 radical (unpaired) electrons. The lowest BCUT2D eigenvalue weighted by molar-refractivity contribution is 0.0601. The summed E-state index contributed by atoms with van der Waals surface area (Å²) in [6.07, 6.45) is 5.63. The monoisotopic (exact) mass is 370 g/mol. The summed E-state index contributed by atoms with van der Waals surface area (Å²) in [7, 11) is 1.39. The number of benzene rings is 1. The van der Waals surface area contributed by atoms with Crippen LogP contribution in [0.2, 0.25) is 0 Å². The van der Waals surface area contributed by atoms with Crippen LogP contribution in [0, 0.1) is 0 Å². The second kappa shape index (κ2) is 6.56. The Balaban J connectivity index is 1.80. The van der Waals surface area contributed by atoms with Crippen LogP contribution in [0.5, 0.6) is 0 Å². The molecule has 3 aromatic heterocycles. The Morgan fingerprint density at radius 3 is 2.86 bits per heavy atom. The minimum Gasteiger partial charge on any atom is -0.465 e. The Hall–Kier alpha value is -3.54. The number of hydrogen-bond acceptors (Lipinski definition) is 5. The Labute approximate surface area is 161 Å². The summed E-state index contributed by atoms with van der Waals surface area (Å²) in [6, 6.07) is 13.3. The number of carbonyl (C=O) groups is 1. The van der Waals surface area contributed by atoms with Gasteiger partial charge in [0.15, 0.2) is 0 Å². The lowest BCUT2D eigenvalue weighted by Gasteiger charge is -2.10. The zero-order valence-corrected chi connectivity index (χ0v) is 15.4.